The molecule has 30 heavy (non-hydrogen) atoms. The molecule has 0 fully saturated rings. The first-order chi connectivity index (χ1) is 14.6. The van der Waals surface area contributed by atoms with E-state index in [-0.39, 0.29) is 18.4 Å². The first-order valence-electron chi connectivity index (χ1n) is 9.31. The molecule has 3 amide bonds. The van der Waals surface area contributed by atoms with E-state index in [1.165, 1.54) is 0 Å². The highest BCUT2D eigenvalue weighted by molar-refractivity contribution is 6.00. The Hall–Kier alpha value is -4.00. The highest BCUT2D eigenvalue weighted by Crippen LogP contribution is 2.27. The molecule has 3 aromatic rings. The number of anilines is 3. The van der Waals surface area contributed by atoms with Crippen LogP contribution in [0.5, 0.6) is 11.5 Å². The third-order valence-corrected chi connectivity index (χ3v) is 4.25. The van der Waals surface area contributed by atoms with Gasteiger partial charge < -0.3 is 25.4 Å². The molecule has 3 aromatic carbocycles. The van der Waals surface area contributed by atoms with E-state index in [2.05, 4.69) is 16.0 Å². The quantitative estimate of drug-likeness (QED) is 0.539. The zero-order chi connectivity index (χ0) is 21.3. The van der Waals surface area contributed by atoms with Gasteiger partial charge in [0, 0.05) is 17.1 Å². The van der Waals surface area contributed by atoms with Crippen LogP contribution in [0.2, 0.25) is 0 Å². The molecule has 0 unspecified atom stereocenters. The molecule has 0 bridgehead atoms. The number of hydrogen-bond donors (Lipinski definition) is 3. The van der Waals surface area contributed by atoms with Crippen molar-refractivity contribution < 1.29 is 19.1 Å². The molecule has 0 atom stereocenters. The topological polar surface area (TPSA) is 88.7 Å². The number of urea groups is 1. The highest BCUT2D eigenvalue weighted by Gasteiger charge is 2.10. The lowest BCUT2D eigenvalue weighted by Crippen LogP contribution is -2.19. The monoisotopic (exact) mass is 405 g/mol. The fourth-order valence-electron chi connectivity index (χ4n) is 2.87. The second-order valence-corrected chi connectivity index (χ2v) is 6.44. The van der Waals surface area contributed by atoms with Gasteiger partial charge in [-0.25, -0.2) is 4.79 Å². The Morgan fingerprint density at radius 1 is 0.700 bits per heavy atom. The summed E-state index contributed by atoms with van der Waals surface area (Å²) in [5, 5.41) is 8.33. The van der Waals surface area contributed by atoms with Crippen molar-refractivity contribution >= 4 is 29.0 Å². The lowest BCUT2D eigenvalue weighted by atomic mass is 10.1. The van der Waals surface area contributed by atoms with Crippen LogP contribution >= 0.6 is 0 Å². The van der Waals surface area contributed by atoms with Gasteiger partial charge in [0.1, 0.15) is 0 Å². The number of carbonyl (C=O) groups is 2. The highest BCUT2D eigenvalue weighted by atomic mass is 16.5. The Bertz CT molecular complexity index is 1020. The number of amides is 3. The minimum atomic E-state index is -0.366. The van der Waals surface area contributed by atoms with Crippen LogP contribution in [0.1, 0.15) is 5.56 Å². The van der Waals surface area contributed by atoms with Crippen molar-refractivity contribution in [1.82, 2.24) is 0 Å². The normalized spacial score (nSPS) is 10.1. The van der Waals surface area contributed by atoms with Crippen molar-refractivity contribution in [2.45, 2.75) is 6.42 Å². The van der Waals surface area contributed by atoms with Gasteiger partial charge in [-0.05, 0) is 48.0 Å². The average molecular weight is 405 g/mol. The van der Waals surface area contributed by atoms with Gasteiger partial charge in [-0.1, -0.05) is 30.3 Å². The molecule has 0 aromatic heterocycles. The third-order valence-electron chi connectivity index (χ3n) is 4.25. The van der Waals surface area contributed by atoms with Gasteiger partial charge >= 0.3 is 6.03 Å². The molecule has 0 aliphatic rings. The molecule has 0 aliphatic carbocycles. The van der Waals surface area contributed by atoms with E-state index in [9.17, 15) is 9.59 Å². The minimum absolute atomic E-state index is 0.173. The predicted octanol–water partition coefficient (Wildman–Crippen LogP) is 4.53. The van der Waals surface area contributed by atoms with Gasteiger partial charge in [0.05, 0.1) is 20.6 Å². The minimum Gasteiger partial charge on any atom is -0.493 e. The molecule has 7 nitrogen and oxygen atoms in total. The van der Waals surface area contributed by atoms with Crippen LogP contribution in [-0.2, 0) is 11.2 Å². The first-order valence-corrected chi connectivity index (χ1v) is 9.31. The van der Waals surface area contributed by atoms with Gasteiger partial charge in [0.2, 0.25) is 5.91 Å². The van der Waals surface area contributed by atoms with E-state index in [0.717, 1.165) is 5.56 Å². The maximum atomic E-state index is 12.4. The van der Waals surface area contributed by atoms with Gasteiger partial charge in [0.15, 0.2) is 11.5 Å². The van der Waals surface area contributed by atoms with Crippen molar-refractivity contribution in [3.05, 3.63) is 78.4 Å². The zero-order valence-corrected chi connectivity index (χ0v) is 16.8. The van der Waals surface area contributed by atoms with Crippen molar-refractivity contribution in [1.29, 1.82) is 0 Å². The Balaban J connectivity index is 1.59. The molecule has 0 saturated heterocycles. The van der Waals surface area contributed by atoms with E-state index < -0.39 is 0 Å². The van der Waals surface area contributed by atoms with Crippen LogP contribution in [0.3, 0.4) is 0 Å². The van der Waals surface area contributed by atoms with Crippen molar-refractivity contribution in [3.8, 4) is 11.5 Å². The molecule has 7 heteroatoms. The maximum Gasteiger partial charge on any atom is 0.323 e. The molecule has 0 aliphatic heterocycles. The van der Waals surface area contributed by atoms with E-state index in [0.29, 0.717) is 28.6 Å². The second-order valence-electron chi connectivity index (χ2n) is 6.44. The largest absolute Gasteiger partial charge is 0.493 e. The van der Waals surface area contributed by atoms with Gasteiger partial charge in [-0.15, -0.1) is 0 Å². The number of rotatable bonds is 7. The zero-order valence-electron chi connectivity index (χ0n) is 16.8. The summed E-state index contributed by atoms with van der Waals surface area (Å²) in [6.07, 6.45) is 0.173. The van der Waals surface area contributed by atoms with E-state index in [1.807, 2.05) is 24.3 Å². The van der Waals surface area contributed by atoms with Crippen LogP contribution in [-0.4, -0.2) is 26.2 Å². The summed E-state index contributed by atoms with van der Waals surface area (Å²) in [5.74, 6) is 0.987. The predicted molar refractivity (Wildman–Crippen MR) is 117 cm³/mol. The summed E-state index contributed by atoms with van der Waals surface area (Å²) in [6.45, 7) is 0. The Morgan fingerprint density at radius 3 is 2.03 bits per heavy atom. The molecule has 154 valence electrons. The van der Waals surface area contributed by atoms with Crippen molar-refractivity contribution in [2.24, 2.45) is 0 Å². The first kappa shape index (κ1) is 20.7. The van der Waals surface area contributed by atoms with Crippen molar-refractivity contribution in [2.75, 3.05) is 30.2 Å². The fourth-order valence-corrected chi connectivity index (χ4v) is 2.87. The number of hydrogen-bond acceptors (Lipinski definition) is 4. The summed E-state index contributed by atoms with van der Waals surface area (Å²) in [7, 11) is 3.11. The lowest BCUT2D eigenvalue weighted by molar-refractivity contribution is -0.115. The smallest absolute Gasteiger partial charge is 0.323 e. The van der Waals surface area contributed by atoms with Crippen LogP contribution in [0, 0.1) is 0 Å². The number of benzene rings is 3. The molecule has 0 heterocycles. The molecular weight excluding hydrogens is 382 g/mol. The molecule has 0 spiro atoms. The van der Waals surface area contributed by atoms with Crippen LogP contribution in [0.4, 0.5) is 21.9 Å². The van der Waals surface area contributed by atoms with E-state index in [4.69, 9.17) is 9.47 Å². The summed E-state index contributed by atoms with van der Waals surface area (Å²) < 4.78 is 10.5. The van der Waals surface area contributed by atoms with E-state index in [1.54, 1.807) is 62.8 Å². The standard InChI is InChI=1S/C23H23N3O4/c1-29-20-12-11-16(13-21(20)30-2)14-22(27)24-18-9-6-10-19(15-18)26-23(28)25-17-7-4-3-5-8-17/h3-13,15H,14H2,1-2H3,(H,24,27)(H2,25,26,28). The summed E-state index contributed by atoms with van der Waals surface area (Å²) in [5.41, 5.74) is 2.63. The van der Waals surface area contributed by atoms with Crippen molar-refractivity contribution in [3.63, 3.8) is 0 Å². The lowest BCUT2D eigenvalue weighted by Gasteiger charge is -2.11. The van der Waals surface area contributed by atoms with Crippen LogP contribution in [0.15, 0.2) is 72.8 Å². The number of ether oxygens (including phenoxy) is 2. The number of nitrogens with one attached hydrogen (secondary N) is 3. The molecular formula is C23H23N3O4. The Morgan fingerprint density at radius 2 is 1.33 bits per heavy atom. The number of methoxy groups -OCH3 is 2. The number of carbonyl (C=O) groups excluding carboxylic acids is 2. The molecule has 0 saturated carbocycles. The van der Waals surface area contributed by atoms with E-state index >= 15 is 0 Å². The van der Waals surface area contributed by atoms with Crippen LogP contribution in [0.25, 0.3) is 0 Å². The molecule has 0 radical (unpaired) electrons. The summed E-state index contributed by atoms with van der Waals surface area (Å²) in [6, 6.07) is 21.1. The Labute approximate surface area is 175 Å². The van der Waals surface area contributed by atoms with Gasteiger partial charge in [0.25, 0.3) is 0 Å². The molecule has 3 rings (SSSR count). The summed E-state index contributed by atoms with van der Waals surface area (Å²) in [4.78, 5) is 24.6. The summed E-state index contributed by atoms with van der Waals surface area (Å²) >= 11 is 0. The second kappa shape index (κ2) is 9.97. The third kappa shape index (κ3) is 5.75. The van der Waals surface area contributed by atoms with Gasteiger partial charge in [-0.2, -0.15) is 0 Å². The Kier molecular flexibility index (Phi) is 6.89. The SMILES string of the molecule is COc1ccc(CC(=O)Nc2cccc(NC(=O)Nc3ccccc3)c2)cc1OC. The number of para-hydroxylation sites is 1. The van der Waals surface area contributed by atoms with Crippen LogP contribution < -0.4 is 25.4 Å². The average Bonchev–Trinajstić information content (AvgIpc) is 2.74. The van der Waals surface area contributed by atoms with Gasteiger partial charge in [-0.3, -0.25) is 4.79 Å². The molecule has 3 N–H and O–H groups in total. The fraction of sp³-hybridized carbons (Fsp3) is 0.130. The maximum absolute atomic E-state index is 12.4.